The lowest BCUT2D eigenvalue weighted by molar-refractivity contribution is 0.503. The molecule has 0 fully saturated rings. The fraction of sp³-hybridized carbons (Fsp3) is 0.556. The number of nitrogen functional groups attached to an aromatic ring is 1. The number of hydrogen-bond donors (Lipinski definition) is 1. The molecule has 0 aliphatic rings. The molecule has 1 rings (SSSR count). The highest BCUT2D eigenvalue weighted by atomic mass is 32.1. The Morgan fingerprint density at radius 2 is 2.14 bits per heavy atom. The smallest absolute Gasteiger partial charge is 0.256 e. The lowest BCUT2D eigenvalue weighted by Crippen LogP contribution is -2.24. The first-order valence-electron chi connectivity index (χ1n) is 4.50. The summed E-state index contributed by atoms with van der Waals surface area (Å²) in [5, 5.41) is 0. The summed E-state index contributed by atoms with van der Waals surface area (Å²) in [7, 11) is 1.65. The summed E-state index contributed by atoms with van der Waals surface area (Å²) in [6.07, 6.45) is 0. The van der Waals surface area contributed by atoms with Crippen LogP contribution in [0.3, 0.4) is 0 Å². The Morgan fingerprint density at radius 1 is 1.57 bits per heavy atom. The molecule has 0 saturated carbocycles. The van der Waals surface area contributed by atoms with Crippen molar-refractivity contribution < 1.29 is 0 Å². The molecular weight excluding hydrogens is 198 g/mol. The predicted octanol–water partition coefficient (Wildman–Crippen LogP) is 1.15. The molecule has 0 radical (unpaired) electrons. The van der Waals surface area contributed by atoms with Gasteiger partial charge >= 0.3 is 0 Å². The van der Waals surface area contributed by atoms with E-state index in [9.17, 15) is 4.79 Å². The zero-order valence-electron chi connectivity index (χ0n) is 8.65. The molecule has 0 aliphatic heterocycles. The summed E-state index contributed by atoms with van der Waals surface area (Å²) in [6.45, 7) is 4.89. The Bertz CT molecular complexity index is 444. The van der Waals surface area contributed by atoms with E-state index in [1.807, 2.05) is 0 Å². The molecule has 0 spiro atoms. The van der Waals surface area contributed by atoms with E-state index < -0.39 is 0 Å². The van der Waals surface area contributed by atoms with Gasteiger partial charge in [0.05, 0.1) is 0 Å². The topological polar surface area (TPSA) is 52.9 Å². The second-order valence-corrected chi connectivity index (χ2v) is 4.12. The first-order chi connectivity index (χ1) is 6.43. The molecule has 0 aromatic carbocycles. The largest absolute Gasteiger partial charge is 0.385 e. The Hall–Kier alpha value is -1.10. The molecule has 2 N–H and O–H groups in total. The number of rotatable bonds is 2. The van der Waals surface area contributed by atoms with Crippen molar-refractivity contribution in [3.63, 3.8) is 0 Å². The SMILES string of the molecule is CC(C)Cn1c(N)cc(=O)n(C)c1=S. The fourth-order valence-corrected chi connectivity index (χ4v) is 1.51. The Morgan fingerprint density at radius 3 is 2.64 bits per heavy atom. The highest BCUT2D eigenvalue weighted by Crippen LogP contribution is 2.05. The number of aromatic nitrogens is 2. The van der Waals surface area contributed by atoms with E-state index in [0.717, 1.165) is 6.54 Å². The van der Waals surface area contributed by atoms with Crippen LogP contribution < -0.4 is 11.3 Å². The molecule has 0 saturated heterocycles. The first kappa shape index (κ1) is 11.0. The van der Waals surface area contributed by atoms with Gasteiger partial charge in [0.1, 0.15) is 5.82 Å². The van der Waals surface area contributed by atoms with Crippen LogP contribution in [0.5, 0.6) is 0 Å². The van der Waals surface area contributed by atoms with Crippen LogP contribution in [0.25, 0.3) is 0 Å². The molecule has 0 unspecified atom stereocenters. The summed E-state index contributed by atoms with van der Waals surface area (Å²) in [5.74, 6) is 0.883. The van der Waals surface area contributed by atoms with Crippen molar-refractivity contribution in [2.45, 2.75) is 20.4 Å². The van der Waals surface area contributed by atoms with Crippen LogP contribution in [-0.4, -0.2) is 9.13 Å². The summed E-state index contributed by atoms with van der Waals surface area (Å²) in [4.78, 5) is 11.3. The molecule has 0 aliphatic carbocycles. The molecule has 78 valence electrons. The van der Waals surface area contributed by atoms with Gasteiger partial charge in [-0.2, -0.15) is 0 Å². The minimum Gasteiger partial charge on any atom is -0.385 e. The summed E-state index contributed by atoms with van der Waals surface area (Å²) < 4.78 is 3.68. The third kappa shape index (κ3) is 2.04. The monoisotopic (exact) mass is 213 g/mol. The highest BCUT2D eigenvalue weighted by Gasteiger charge is 2.04. The van der Waals surface area contributed by atoms with Gasteiger partial charge in [-0.1, -0.05) is 13.8 Å². The number of nitrogens with zero attached hydrogens (tertiary/aromatic N) is 2. The number of hydrogen-bond acceptors (Lipinski definition) is 3. The molecule has 0 amide bonds. The van der Waals surface area contributed by atoms with Crippen LogP contribution in [0.15, 0.2) is 10.9 Å². The third-order valence-electron chi connectivity index (χ3n) is 1.98. The van der Waals surface area contributed by atoms with E-state index in [1.165, 1.54) is 10.6 Å². The van der Waals surface area contributed by atoms with Gasteiger partial charge in [0.2, 0.25) is 0 Å². The molecular formula is C9H15N3OS. The molecule has 0 atom stereocenters. The lowest BCUT2D eigenvalue weighted by Gasteiger charge is -2.14. The lowest BCUT2D eigenvalue weighted by atomic mass is 10.2. The van der Waals surface area contributed by atoms with Crippen LogP contribution in [0.4, 0.5) is 5.82 Å². The average molecular weight is 213 g/mol. The molecule has 1 aromatic rings. The van der Waals surface area contributed by atoms with E-state index in [4.69, 9.17) is 18.0 Å². The average Bonchev–Trinajstić information content (AvgIpc) is 2.09. The molecule has 1 heterocycles. The maximum atomic E-state index is 11.3. The van der Waals surface area contributed by atoms with Gasteiger partial charge < -0.3 is 10.3 Å². The van der Waals surface area contributed by atoms with Gasteiger partial charge in [0.25, 0.3) is 5.56 Å². The van der Waals surface area contributed by atoms with Crippen molar-refractivity contribution in [1.29, 1.82) is 0 Å². The Labute approximate surface area is 88.0 Å². The van der Waals surface area contributed by atoms with Crippen molar-refractivity contribution in [2.75, 3.05) is 5.73 Å². The van der Waals surface area contributed by atoms with Crippen LogP contribution in [-0.2, 0) is 13.6 Å². The van der Waals surface area contributed by atoms with E-state index in [0.29, 0.717) is 16.5 Å². The number of nitrogens with two attached hydrogens (primary N) is 1. The van der Waals surface area contributed by atoms with E-state index in [1.54, 1.807) is 11.6 Å². The van der Waals surface area contributed by atoms with Crippen molar-refractivity contribution in [2.24, 2.45) is 13.0 Å². The van der Waals surface area contributed by atoms with Crippen molar-refractivity contribution >= 4 is 18.0 Å². The fourth-order valence-electron chi connectivity index (χ4n) is 1.24. The Balaban J connectivity index is 3.37. The zero-order chi connectivity index (χ0) is 10.9. The van der Waals surface area contributed by atoms with Gasteiger partial charge in [-0.3, -0.25) is 9.36 Å². The standard InChI is InChI=1S/C9H15N3OS/c1-6(2)5-12-7(10)4-8(13)11(3)9(12)14/h4,6H,5,10H2,1-3H3. The van der Waals surface area contributed by atoms with Crippen LogP contribution in [0.1, 0.15) is 13.8 Å². The summed E-state index contributed by atoms with van der Waals surface area (Å²) in [5.41, 5.74) is 5.56. The Kier molecular flexibility index (Phi) is 3.10. The van der Waals surface area contributed by atoms with Crippen molar-refractivity contribution in [3.8, 4) is 0 Å². The van der Waals surface area contributed by atoms with Crippen LogP contribution in [0, 0.1) is 10.7 Å². The van der Waals surface area contributed by atoms with Crippen molar-refractivity contribution in [1.82, 2.24) is 9.13 Å². The minimum atomic E-state index is -0.160. The summed E-state index contributed by atoms with van der Waals surface area (Å²) >= 11 is 5.13. The third-order valence-corrected chi connectivity index (χ3v) is 2.47. The van der Waals surface area contributed by atoms with Gasteiger partial charge in [-0.05, 0) is 18.1 Å². The molecule has 0 bridgehead atoms. The van der Waals surface area contributed by atoms with E-state index >= 15 is 0 Å². The van der Waals surface area contributed by atoms with E-state index in [2.05, 4.69) is 13.8 Å². The maximum absolute atomic E-state index is 11.3. The summed E-state index contributed by atoms with van der Waals surface area (Å²) in [6, 6.07) is 1.40. The quantitative estimate of drug-likeness (QED) is 0.750. The van der Waals surface area contributed by atoms with Gasteiger partial charge in [-0.15, -0.1) is 0 Å². The van der Waals surface area contributed by atoms with Gasteiger partial charge in [0.15, 0.2) is 4.77 Å². The molecule has 1 aromatic heterocycles. The van der Waals surface area contributed by atoms with Gasteiger partial charge in [-0.25, -0.2) is 0 Å². The van der Waals surface area contributed by atoms with E-state index in [-0.39, 0.29) is 5.56 Å². The number of anilines is 1. The second-order valence-electron chi connectivity index (χ2n) is 3.75. The van der Waals surface area contributed by atoms with Crippen LogP contribution >= 0.6 is 12.2 Å². The maximum Gasteiger partial charge on any atom is 0.256 e. The van der Waals surface area contributed by atoms with Crippen molar-refractivity contribution in [3.05, 3.63) is 21.2 Å². The van der Waals surface area contributed by atoms with Crippen LogP contribution in [0.2, 0.25) is 0 Å². The minimum absolute atomic E-state index is 0.160. The highest BCUT2D eigenvalue weighted by molar-refractivity contribution is 7.71. The first-order valence-corrected chi connectivity index (χ1v) is 4.90. The zero-order valence-corrected chi connectivity index (χ0v) is 9.47. The molecule has 14 heavy (non-hydrogen) atoms. The normalized spacial score (nSPS) is 10.9. The second kappa shape index (κ2) is 3.96. The predicted molar refractivity (Wildman–Crippen MR) is 59.8 cm³/mol. The molecule has 4 nitrogen and oxygen atoms in total. The molecule has 5 heteroatoms. The van der Waals surface area contributed by atoms with Gasteiger partial charge in [0, 0.05) is 19.7 Å².